The van der Waals surface area contributed by atoms with Crippen LogP contribution in [0.25, 0.3) is 11.0 Å². The zero-order chi connectivity index (χ0) is 17.6. The highest BCUT2D eigenvalue weighted by Crippen LogP contribution is 2.26. The van der Waals surface area contributed by atoms with E-state index in [4.69, 9.17) is 0 Å². The zero-order valence-corrected chi connectivity index (χ0v) is 15.1. The number of aryl methyl sites for hydroxylation is 2. The highest BCUT2D eigenvalue weighted by Gasteiger charge is 2.18. The first kappa shape index (κ1) is 16.0. The number of rotatable bonds is 2. The molecule has 130 valence electrons. The van der Waals surface area contributed by atoms with Crippen LogP contribution in [0.1, 0.15) is 11.1 Å². The van der Waals surface area contributed by atoms with Gasteiger partial charge in [0.25, 0.3) is 0 Å². The molecule has 5 nitrogen and oxygen atoms in total. The monoisotopic (exact) mass is 336 g/mol. The number of hydrogen-bond donors (Lipinski definition) is 0. The summed E-state index contributed by atoms with van der Waals surface area (Å²) in [6.07, 6.45) is 0. The van der Waals surface area contributed by atoms with Gasteiger partial charge in [0.2, 0.25) is 0 Å². The van der Waals surface area contributed by atoms with Crippen molar-refractivity contribution in [2.45, 2.75) is 13.1 Å². The summed E-state index contributed by atoms with van der Waals surface area (Å²) in [5.41, 5.74) is 5.91. The molecule has 0 N–H and O–H groups in total. The Hall–Kier alpha value is -2.53. The summed E-state index contributed by atoms with van der Waals surface area (Å²) < 4.78 is 3.43. The van der Waals surface area contributed by atoms with Gasteiger partial charge < -0.3 is 9.80 Å². The van der Waals surface area contributed by atoms with Gasteiger partial charge in [-0.1, -0.05) is 24.3 Å². The Labute approximate surface area is 147 Å². The topological polar surface area (TPSA) is 33.4 Å². The second-order valence-electron chi connectivity index (χ2n) is 7.01. The van der Waals surface area contributed by atoms with Crippen molar-refractivity contribution < 1.29 is 0 Å². The van der Waals surface area contributed by atoms with Crippen molar-refractivity contribution in [2.24, 2.45) is 14.1 Å². The largest absolute Gasteiger partial charge is 0.366 e. The first-order valence-corrected chi connectivity index (χ1v) is 8.70. The lowest BCUT2D eigenvalue weighted by molar-refractivity contribution is 0.341. The summed E-state index contributed by atoms with van der Waals surface area (Å²) >= 11 is 0. The fourth-order valence-corrected chi connectivity index (χ4v) is 3.77. The molecule has 1 aliphatic heterocycles. The molecule has 25 heavy (non-hydrogen) atoms. The number of anilines is 1. The Morgan fingerprint density at radius 2 is 1.68 bits per heavy atom. The standard InChI is InChI=1S/C20H24N4O/c1-21-10-11-24(17-7-5-4-6-16(17)14-21)13-15-8-9-18-19(12-15)23(3)20(25)22(18)2/h4-9,12H,10-11,13-14H2,1-3H3. The minimum absolute atomic E-state index is 0.0221. The number of aromatic nitrogens is 2. The molecule has 0 aliphatic carbocycles. The summed E-state index contributed by atoms with van der Waals surface area (Å²) in [5, 5.41) is 0. The van der Waals surface area contributed by atoms with E-state index < -0.39 is 0 Å². The number of fused-ring (bicyclic) bond motifs is 2. The Morgan fingerprint density at radius 3 is 2.52 bits per heavy atom. The van der Waals surface area contributed by atoms with Crippen LogP contribution in [0.5, 0.6) is 0 Å². The molecule has 2 aromatic carbocycles. The quantitative estimate of drug-likeness (QED) is 0.720. The third-order valence-corrected chi connectivity index (χ3v) is 5.23. The summed E-state index contributed by atoms with van der Waals surface area (Å²) in [7, 11) is 5.84. The van der Waals surface area contributed by atoms with Crippen molar-refractivity contribution in [3.8, 4) is 0 Å². The van der Waals surface area contributed by atoms with E-state index in [1.54, 1.807) is 9.13 Å². The number of nitrogens with zero attached hydrogens (tertiary/aromatic N) is 4. The van der Waals surface area contributed by atoms with E-state index in [0.717, 1.165) is 37.2 Å². The molecule has 1 aromatic heterocycles. The van der Waals surface area contributed by atoms with E-state index in [-0.39, 0.29) is 5.69 Å². The van der Waals surface area contributed by atoms with Crippen molar-refractivity contribution in [1.29, 1.82) is 0 Å². The zero-order valence-electron chi connectivity index (χ0n) is 15.1. The summed E-state index contributed by atoms with van der Waals surface area (Å²) in [6.45, 7) is 3.88. The molecule has 0 saturated heterocycles. The third-order valence-electron chi connectivity index (χ3n) is 5.23. The van der Waals surface area contributed by atoms with Crippen molar-refractivity contribution >= 4 is 16.7 Å². The van der Waals surface area contributed by atoms with E-state index >= 15 is 0 Å². The Bertz CT molecular complexity index is 985. The van der Waals surface area contributed by atoms with Crippen LogP contribution >= 0.6 is 0 Å². The number of para-hydroxylation sites is 1. The molecular formula is C20H24N4O. The van der Waals surface area contributed by atoms with Crippen molar-refractivity contribution in [2.75, 3.05) is 25.0 Å². The van der Waals surface area contributed by atoms with Gasteiger partial charge in [-0.25, -0.2) is 4.79 Å². The lowest BCUT2D eigenvalue weighted by atomic mass is 10.1. The van der Waals surface area contributed by atoms with Gasteiger partial charge in [-0.2, -0.15) is 0 Å². The lowest BCUT2D eigenvalue weighted by Gasteiger charge is -2.25. The maximum absolute atomic E-state index is 12.1. The van der Waals surface area contributed by atoms with Crippen LogP contribution in [0.15, 0.2) is 47.3 Å². The minimum Gasteiger partial charge on any atom is -0.366 e. The van der Waals surface area contributed by atoms with Crippen LogP contribution < -0.4 is 10.6 Å². The third kappa shape index (κ3) is 2.74. The molecule has 4 rings (SSSR count). The average Bonchev–Trinajstić information content (AvgIpc) is 2.75. The Balaban J connectivity index is 1.71. The number of likely N-dealkylation sites (N-methyl/N-ethyl adjacent to an activating group) is 1. The molecule has 0 spiro atoms. The van der Waals surface area contributed by atoms with Crippen molar-refractivity contribution in [3.05, 3.63) is 64.1 Å². The normalized spacial score (nSPS) is 15.4. The molecule has 0 radical (unpaired) electrons. The van der Waals surface area contributed by atoms with E-state index in [2.05, 4.69) is 59.3 Å². The molecule has 0 bridgehead atoms. The van der Waals surface area contributed by atoms with E-state index in [1.807, 2.05) is 14.1 Å². The van der Waals surface area contributed by atoms with Crippen LogP contribution in [0.2, 0.25) is 0 Å². The molecule has 1 aliphatic rings. The van der Waals surface area contributed by atoms with Crippen LogP contribution in [-0.2, 0) is 27.2 Å². The SMILES string of the molecule is CN1CCN(Cc2ccc3c(c2)n(C)c(=O)n3C)c2ccccc2C1. The number of hydrogen-bond acceptors (Lipinski definition) is 3. The van der Waals surface area contributed by atoms with E-state index in [9.17, 15) is 4.79 Å². The van der Waals surface area contributed by atoms with Gasteiger partial charge in [0.1, 0.15) is 0 Å². The fourth-order valence-electron chi connectivity index (χ4n) is 3.77. The summed E-state index contributed by atoms with van der Waals surface area (Å²) in [5.74, 6) is 0. The summed E-state index contributed by atoms with van der Waals surface area (Å²) in [4.78, 5) is 17.0. The maximum Gasteiger partial charge on any atom is 0.328 e. The fraction of sp³-hybridized carbons (Fsp3) is 0.350. The second kappa shape index (κ2) is 6.08. The van der Waals surface area contributed by atoms with Crippen molar-refractivity contribution in [3.63, 3.8) is 0 Å². The molecule has 0 amide bonds. The molecule has 0 fully saturated rings. The Morgan fingerprint density at radius 1 is 0.920 bits per heavy atom. The number of imidazole rings is 1. The first-order chi connectivity index (χ1) is 12.0. The van der Waals surface area contributed by atoms with Gasteiger partial charge >= 0.3 is 5.69 Å². The smallest absolute Gasteiger partial charge is 0.328 e. The molecule has 5 heteroatoms. The predicted octanol–water partition coefficient (Wildman–Crippen LogP) is 2.33. The van der Waals surface area contributed by atoms with Gasteiger partial charge in [0.15, 0.2) is 0 Å². The highest BCUT2D eigenvalue weighted by molar-refractivity contribution is 5.77. The molecular weight excluding hydrogens is 312 g/mol. The highest BCUT2D eigenvalue weighted by atomic mass is 16.1. The van der Waals surface area contributed by atoms with Gasteiger partial charge in [-0.15, -0.1) is 0 Å². The van der Waals surface area contributed by atoms with Crippen LogP contribution in [0, 0.1) is 0 Å². The van der Waals surface area contributed by atoms with Gasteiger partial charge in [0.05, 0.1) is 11.0 Å². The predicted molar refractivity (Wildman–Crippen MR) is 102 cm³/mol. The van der Waals surface area contributed by atoms with Gasteiger partial charge in [0, 0.05) is 46.0 Å². The van der Waals surface area contributed by atoms with E-state index in [0.29, 0.717) is 0 Å². The number of benzene rings is 2. The molecule has 0 unspecified atom stereocenters. The average molecular weight is 336 g/mol. The minimum atomic E-state index is 0.0221. The molecule has 3 aromatic rings. The van der Waals surface area contributed by atoms with Crippen LogP contribution in [0.4, 0.5) is 5.69 Å². The second-order valence-corrected chi connectivity index (χ2v) is 7.01. The molecule has 0 atom stereocenters. The van der Waals surface area contributed by atoms with Crippen LogP contribution in [-0.4, -0.2) is 34.2 Å². The molecule has 0 saturated carbocycles. The molecule has 2 heterocycles. The van der Waals surface area contributed by atoms with Gasteiger partial charge in [-0.05, 0) is 36.4 Å². The maximum atomic E-state index is 12.1. The van der Waals surface area contributed by atoms with Gasteiger partial charge in [-0.3, -0.25) is 9.13 Å². The van der Waals surface area contributed by atoms with Crippen molar-refractivity contribution in [1.82, 2.24) is 14.0 Å². The first-order valence-electron chi connectivity index (χ1n) is 8.70. The lowest BCUT2D eigenvalue weighted by Crippen LogP contribution is -2.29. The Kier molecular flexibility index (Phi) is 3.88. The van der Waals surface area contributed by atoms with E-state index in [1.165, 1.54) is 16.8 Å². The summed E-state index contributed by atoms with van der Waals surface area (Å²) in [6, 6.07) is 15.0. The van der Waals surface area contributed by atoms with Crippen LogP contribution in [0.3, 0.4) is 0 Å².